The minimum Gasteiger partial charge on any atom is -0.469 e. The fourth-order valence-corrected chi connectivity index (χ4v) is 0.720. The molecule has 0 unspecified atom stereocenters. The van der Waals surface area contributed by atoms with Crippen LogP contribution in [0.15, 0.2) is 24.4 Å². The quantitative estimate of drug-likeness (QED) is 0.656. The van der Waals surface area contributed by atoms with E-state index in [0.29, 0.717) is 5.88 Å². The highest BCUT2D eigenvalue weighted by molar-refractivity contribution is 5.09. The molecule has 12 heavy (non-hydrogen) atoms. The normalized spacial score (nSPS) is 10.2. The summed E-state index contributed by atoms with van der Waals surface area (Å²) in [6.45, 7) is -0.430. The molecule has 0 radical (unpaired) electrons. The van der Waals surface area contributed by atoms with Crippen molar-refractivity contribution in [3.05, 3.63) is 24.4 Å². The first-order valence-corrected chi connectivity index (χ1v) is 3.66. The molecule has 1 aromatic heterocycles. The second kappa shape index (κ2) is 4.69. The monoisotopic (exact) mass is 169 g/mol. The summed E-state index contributed by atoms with van der Waals surface area (Å²) in [6, 6.07) is 5.20. The fraction of sp³-hybridized carbons (Fsp3) is 0.375. The molecule has 0 saturated carbocycles. The Hall–Kier alpha value is -1.13. The number of hydrogen-bond acceptors (Lipinski definition) is 4. The van der Waals surface area contributed by atoms with Crippen LogP contribution in [0.4, 0.5) is 0 Å². The first-order chi connectivity index (χ1) is 5.86. The van der Waals surface area contributed by atoms with Crippen molar-refractivity contribution in [2.45, 2.75) is 6.10 Å². The number of nitrogens with zero attached hydrogens (tertiary/aromatic N) is 1. The molecule has 0 spiro atoms. The summed E-state index contributed by atoms with van der Waals surface area (Å²) < 4.78 is 5.10. The van der Waals surface area contributed by atoms with E-state index in [0.717, 1.165) is 0 Å². The summed E-state index contributed by atoms with van der Waals surface area (Å²) in [5, 5.41) is 17.3. The first-order valence-electron chi connectivity index (χ1n) is 3.66. The molecule has 4 heteroatoms. The van der Waals surface area contributed by atoms with Crippen molar-refractivity contribution in [2.24, 2.45) is 0 Å². The van der Waals surface area contributed by atoms with Gasteiger partial charge in [0.1, 0.15) is 6.10 Å². The van der Waals surface area contributed by atoms with Crippen LogP contribution >= 0.6 is 0 Å². The summed E-state index contributed by atoms with van der Waals surface area (Å²) in [6.07, 6.45) is 1.00. The largest absolute Gasteiger partial charge is 0.469 e. The van der Waals surface area contributed by atoms with Gasteiger partial charge in [-0.3, -0.25) is 0 Å². The lowest BCUT2D eigenvalue weighted by Gasteiger charge is -2.12. The van der Waals surface area contributed by atoms with Crippen molar-refractivity contribution in [1.82, 2.24) is 4.98 Å². The minimum atomic E-state index is -0.583. The van der Waals surface area contributed by atoms with E-state index in [1.54, 1.807) is 24.4 Å². The Morgan fingerprint density at radius 3 is 2.58 bits per heavy atom. The molecule has 0 atom stereocenters. The van der Waals surface area contributed by atoms with Gasteiger partial charge < -0.3 is 14.9 Å². The molecule has 0 aliphatic rings. The number of aliphatic hydroxyl groups is 2. The third kappa shape index (κ3) is 2.48. The highest BCUT2D eigenvalue weighted by Gasteiger charge is 2.06. The Morgan fingerprint density at radius 1 is 1.33 bits per heavy atom. The highest BCUT2D eigenvalue weighted by atomic mass is 16.5. The molecule has 0 aliphatic carbocycles. The van der Waals surface area contributed by atoms with E-state index in [1.807, 2.05) is 0 Å². The number of hydrogen-bond donors (Lipinski definition) is 2. The highest BCUT2D eigenvalue weighted by Crippen LogP contribution is 2.05. The molecule has 66 valence electrons. The van der Waals surface area contributed by atoms with Crippen LogP contribution in [-0.2, 0) is 0 Å². The van der Waals surface area contributed by atoms with Crippen LogP contribution in [0, 0.1) is 0 Å². The van der Waals surface area contributed by atoms with Gasteiger partial charge in [-0.25, -0.2) is 4.98 Å². The van der Waals surface area contributed by atoms with Crippen LogP contribution in [0.3, 0.4) is 0 Å². The van der Waals surface area contributed by atoms with Crippen molar-refractivity contribution in [3.63, 3.8) is 0 Å². The van der Waals surface area contributed by atoms with Gasteiger partial charge in [-0.1, -0.05) is 6.07 Å². The maximum absolute atomic E-state index is 8.67. The van der Waals surface area contributed by atoms with Gasteiger partial charge >= 0.3 is 0 Å². The predicted molar refractivity (Wildman–Crippen MR) is 42.8 cm³/mol. The van der Waals surface area contributed by atoms with Crippen LogP contribution in [0.5, 0.6) is 5.88 Å². The maximum Gasteiger partial charge on any atom is 0.213 e. The SMILES string of the molecule is OCC(CO)Oc1ccccn1. The zero-order valence-electron chi connectivity index (χ0n) is 6.55. The van der Waals surface area contributed by atoms with Crippen LogP contribution in [0.2, 0.25) is 0 Å². The summed E-state index contributed by atoms with van der Waals surface area (Å²) in [7, 11) is 0. The molecule has 0 saturated heterocycles. The van der Waals surface area contributed by atoms with Gasteiger partial charge in [0.25, 0.3) is 0 Å². The molecule has 0 aliphatic heterocycles. The van der Waals surface area contributed by atoms with Gasteiger partial charge in [0.2, 0.25) is 5.88 Å². The molecule has 0 bridgehead atoms. The lowest BCUT2D eigenvalue weighted by molar-refractivity contribution is 0.0597. The predicted octanol–water partition coefficient (Wildman–Crippen LogP) is -0.186. The number of pyridine rings is 1. The molecule has 1 aromatic rings. The lowest BCUT2D eigenvalue weighted by atomic mass is 10.4. The van der Waals surface area contributed by atoms with Gasteiger partial charge in [0.05, 0.1) is 13.2 Å². The van der Waals surface area contributed by atoms with Crippen LogP contribution < -0.4 is 4.74 Å². The average molecular weight is 169 g/mol. The van der Waals surface area contributed by atoms with Gasteiger partial charge in [0, 0.05) is 12.3 Å². The fourth-order valence-electron chi connectivity index (χ4n) is 0.720. The Kier molecular flexibility index (Phi) is 3.50. The lowest BCUT2D eigenvalue weighted by Crippen LogP contribution is -2.25. The van der Waals surface area contributed by atoms with Crippen molar-refractivity contribution in [2.75, 3.05) is 13.2 Å². The number of rotatable bonds is 4. The smallest absolute Gasteiger partial charge is 0.213 e. The van der Waals surface area contributed by atoms with E-state index in [4.69, 9.17) is 14.9 Å². The van der Waals surface area contributed by atoms with E-state index >= 15 is 0 Å². The van der Waals surface area contributed by atoms with Crippen LogP contribution in [0.25, 0.3) is 0 Å². The number of aromatic nitrogens is 1. The van der Waals surface area contributed by atoms with Crippen molar-refractivity contribution in [3.8, 4) is 5.88 Å². The molecule has 1 heterocycles. The van der Waals surface area contributed by atoms with E-state index in [1.165, 1.54) is 0 Å². The van der Waals surface area contributed by atoms with E-state index in [2.05, 4.69) is 4.98 Å². The van der Waals surface area contributed by atoms with Gasteiger partial charge in [-0.2, -0.15) is 0 Å². The Bertz CT molecular complexity index is 211. The van der Waals surface area contributed by atoms with Gasteiger partial charge in [-0.15, -0.1) is 0 Å². The summed E-state index contributed by atoms with van der Waals surface area (Å²) in [4.78, 5) is 3.87. The molecule has 1 rings (SSSR count). The Morgan fingerprint density at radius 2 is 2.08 bits per heavy atom. The van der Waals surface area contributed by atoms with Crippen molar-refractivity contribution in [1.29, 1.82) is 0 Å². The van der Waals surface area contributed by atoms with Gasteiger partial charge in [0.15, 0.2) is 0 Å². The first kappa shape index (κ1) is 8.96. The molecule has 2 N–H and O–H groups in total. The van der Waals surface area contributed by atoms with E-state index in [-0.39, 0.29) is 13.2 Å². The zero-order chi connectivity index (χ0) is 8.81. The molecule has 0 fully saturated rings. The standard InChI is InChI=1S/C8H11NO3/c10-5-7(6-11)12-8-3-1-2-4-9-8/h1-4,7,10-11H,5-6H2. The third-order valence-corrected chi connectivity index (χ3v) is 1.33. The summed E-state index contributed by atoms with van der Waals surface area (Å²) >= 11 is 0. The van der Waals surface area contributed by atoms with Gasteiger partial charge in [-0.05, 0) is 6.07 Å². The second-order valence-electron chi connectivity index (χ2n) is 2.27. The van der Waals surface area contributed by atoms with Crippen molar-refractivity contribution >= 4 is 0 Å². The Balaban J connectivity index is 2.51. The number of ether oxygens (including phenoxy) is 1. The maximum atomic E-state index is 8.67. The summed E-state index contributed by atoms with van der Waals surface area (Å²) in [5.74, 6) is 0.408. The molecule has 0 aromatic carbocycles. The third-order valence-electron chi connectivity index (χ3n) is 1.33. The molecule has 4 nitrogen and oxygen atoms in total. The topological polar surface area (TPSA) is 62.6 Å². The number of aliphatic hydroxyl groups excluding tert-OH is 2. The zero-order valence-corrected chi connectivity index (χ0v) is 6.55. The summed E-state index contributed by atoms with van der Waals surface area (Å²) in [5.41, 5.74) is 0. The average Bonchev–Trinajstić information content (AvgIpc) is 2.16. The van der Waals surface area contributed by atoms with E-state index in [9.17, 15) is 0 Å². The van der Waals surface area contributed by atoms with E-state index < -0.39 is 6.10 Å². The van der Waals surface area contributed by atoms with Crippen LogP contribution in [0.1, 0.15) is 0 Å². The Labute approximate surface area is 70.4 Å². The minimum absolute atomic E-state index is 0.215. The molecular weight excluding hydrogens is 158 g/mol. The second-order valence-corrected chi connectivity index (χ2v) is 2.27. The van der Waals surface area contributed by atoms with Crippen molar-refractivity contribution < 1.29 is 14.9 Å². The van der Waals surface area contributed by atoms with Crippen LogP contribution in [-0.4, -0.2) is 34.5 Å². The molecular formula is C8H11NO3. The molecule has 0 amide bonds.